The molecule has 1 amide bonds. The molecule has 0 aliphatic heterocycles. The summed E-state index contributed by atoms with van der Waals surface area (Å²) in [6.07, 6.45) is 6.89. The van der Waals surface area contributed by atoms with Crippen molar-refractivity contribution in [2.75, 3.05) is 0 Å². The van der Waals surface area contributed by atoms with Gasteiger partial charge in [-0.15, -0.1) is 0 Å². The van der Waals surface area contributed by atoms with E-state index in [1.807, 2.05) is 0 Å². The average molecular weight is 192 g/mol. The van der Waals surface area contributed by atoms with E-state index in [2.05, 4.69) is 11.4 Å². The predicted molar refractivity (Wildman–Crippen MR) is 52.3 cm³/mol. The topological polar surface area (TPSA) is 52.9 Å². The van der Waals surface area contributed by atoms with Gasteiger partial charge in [0.1, 0.15) is 5.41 Å². The maximum absolute atomic E-state index is 11.9. The number of carbonyl (C=O) groups is 1. The van der Waals surface area contributed by atoms with Crippen LogP contribution >= 0.6 is 0 Å². The van der Waals surface area contributed by atoms with Crippen LogP contribution in [0.4, 0.5) is 0 Å². The molecule has 0 heterocycles. The molecule has 0 atom stereocenters. The van der Waals surface area contributed by atoms with Gasteiger partial charge in [0.05, 0.1) is 6.07 Å². The van der Waals surface area contributed by atoms with Gasteiger partial charge in [-0.2, -0.15) is 5.26 Å². The first-order valence-electron chi connectivity index (χ1n) is 5.49. The summed E-state index contributed by atoms with van der Waals surface area (Å²) in [6.45, 7) is 0. The number of nitrogens with zero attached hydrogens (tertiary/aromatic N) is 1. The van der Waals surface area contributed by atoms with Gasteiger partial charge in [0.25, 0.3) is 0 Å². The Morgan fingerprint density at radius 1 is 1.29 bits per heavy atom. The largest absolute Gasteiger partial charge is 0.352 e. The van der Waals surface area contributed by atoms with Crippen LogP contribution in [0.2, 0.25) is 0 Å². The minimum atomic E-state index is -0.694. The number of nitriles is 1. The molecule has 3 heteroatoms. The zero-order valence-corrected chi connectivity index (χ0v) is 8.38. The number of nitrogens with one attached hydrogen (secondary N) is 1. The third-order valence-corrected chi connectivity index (χ3v) is 3.27. The lowest BCUT2D eigenvalue weighted by Gasteiger charge is -2.29. The van der Waals surface area contributed by atoms with Crippen LogP contribution in [0.25, 0.3) is 0 Å². The molecule has 14 heavy (non-hydrogen) atoms. The quantitative estimate of drug-likeness (QED) is 0.724. The summed E-state index contributed by atoms with van der Waals surface area (Å²) in [5.41, 5.74) is -0.694. The number of rotatable bonds is 2. The first-order chi connectivity index (χ1) is 6.77. The molecule has 0 aromatic rings. The summed E-state index contributed by atoms with van der Waals surface area (Å²) in [5.74, 6) is -0.0119. The summed E-state index contributed by atoms with van der Waals surface area (Å²) < 4.78 is 0. The highest BCUT2D eigenvalue weighted by molar-refractivity contribution is 5.85. The Morgan fingerprint density at radius 2 is 1.93 bits per heavy atom. The molecule has 2 aliphatic rings. The lowest BCUT2D eigenvalue weighted by molar-refractivity contribution is -0.129. The fraction of sp³-hybridized carbons (Fsp3) is 0.818. The summed E-state index contributed by atoms with van der Waals surface area (Å²) in [6, 6.07) is 2.61. The number of hydrogen-bond donors (Lipinski definition) is 1. The lowest BCUT2D eigenvalue weighted by atomic mass is 9.74. The van der Waals surface area contributed by atoms with Gasteiger partial charge in [0.2, 0.25) is 5.91 Å². The molecular weight excluding hydrogens is 176 g/mol. The molecule has 2 rings (SSSR count). The van der Waals surface area contributed by atoms with Gasteiger partial charge in [-0.3, -0.25) is 4.79 Å². The smallest absolute Gasteiger partial charge is 0.240 e. The van der Waals surface area contributed by atoms with Gasteiger partial charge >= 0.3 is 0 Å². The third-order valence-electron chi connectivity index (χ3n) is 3.27. The second-order valence-corrected chi connectivity index (χ2v) is 4.50. The summed E-state index contributed by atoms with van der Waals surface area (Å²) in [5, 5.41) is 12.1. The molecule has 3 nitrogen and oxygen atoms in total. The van der Waals surface area contributed by atoms with E-state index in [1.54, 1.807) is 0 Å². The van der Waals surface area contributed by atoms with Gasteiger partial charge in [-0.25, -0.2) is 0 Å². The summed E-state index contributed by atoms with van der Waals surface area (Å²) in [4.78, 5) is 11.9. The molecule has 0 saturated heterocycles. The second-order valence-electron chi connectivity index (χ2n) is 4.50. The molecule has 0 aromatic heterocycles. The molecule has 2 aliphatic carbocycles. The lowest BCUT2D eigenvalue weighted by Crippen LogP contribution is -2.42. The van der Waals surface area contributed by atoms with E-state index in [1.165, 1.54) is 6.42 Å². The average Bonchev–Trinajstić information content (AvgIpc) is 3.02. The van der Waals surface area contributed by atoms with Crippen LogP contribution in [-0.2, 0) is 4.79 Å². The Balaban J connectivity index is 2.01. The Labute approximate surface area is 84.5 Å². The SMILES string of the molecule is N#CC1(C(=O)NC2CC2)CCCCC1. The van der Waals surface area contributed by atoms with Crippen molar-refractivity contribution in [1.82, 2.24) is 5.32 Å². The van der Waals surface area contributed by atoms with Crippen molar-refractivity contribution in [1.29, 1.82) is 5.26 Å². The van der Waals surface area contributed by atoms with Gasteiger partial charge in [0.15, 0.2) is 0 Å². The molecule has 0 unspecified atom stereocenters. The molecule has 2 fully saturated rings. The fourth-order valence-corrected chi connectivity index (χ4v) is 2.10. The first-order valence-corrected chi connectivity index (χ1v) is 5.49. The molecular formula is C11H16N2O. The first kappa shape index (κ1) is 9.51. The van der Waals surface area contributed by atoms with Gasteiger partial charge in [-0.05, 0) is 25.7 Å². The van der Waals surface area contributed by atoms with Crippen LogP contribution in [0.5, 0.6) is 0 Å². The summed E-state index contributed by atoms with van der Waals surface area (Å²) >= 11 is 0. The maximum Gasteiger partial charge on any atom is 0.240 e. The highest BCUT2D eigenvalue weighted by atomic mass is 16.2. The highest BCUT2D eigenvalue weighted by Crippen LogP contribution is 2.36. The predicted octanol–water partition coefficient (Wildman–Crippen LogP) is 1.74. The number of hydrogen-bond acceptors (Lipinski definition) is 2. The van der Waals surface area contributed by atoms with Gasteiger partial charge in [-0.1, -0.05) is 19.3 Å². The Morgan fingerprint density at radius 3 is 2.43 bits per heavy atom. The molecule has 1 N–H and O–H groups in total. The van der Waals surface area contributed by atoms with Crippen LogP contribution in [-0.4, -0.2) is 11.9 Å². The minimum Gasteiger partial charge on any atom is -0.352 e. The number of carbonyl (C=O) groups excluding carboxylic acids is 1. The van der Waals surface area contributed by atoms with Crippen molar-refractivity contribution in [3.63, 3.8) is 0 Å². The van der Waals surface area contributed by atoms with Crippen LogP contribution in [0, 0.1) is 16.7 Å². The van der Waals surface area contributed by atoms with E-state index in [0.29, 0.717) is 6.04 Å². The normalized spacial score (nSPS) is 25.1. The third kappa shape index (κ3) is 1.75. The van der Waals surface area contributed by atoms with Crippen LogP contribution in [0.3, 0.4) is 0 Å². The standard InChI is InChI=1S/C11H16N2O/c12-8-11(6-2-1-3-7-11)10(14)13-9-4-5-9/h9H,1-7H2,(H,13,14). The fourth-order valence-electron chi connectivity index (χ4n) is 2.10. The van der Waals surface area contributed by atoms with Crippen LogP contribution in [0.1, 0.15) is 44.9 Å². The molecule has 0 bridgehead atoms. The monoisotopic (exact) mass is 192 g/mol. The Kier molecular flexibility index (Phi) is 2.45. The van der Waals surface area contributed by atoms with Crippen molar-refractivity contribution in [3.05, 3.63) is 0 Å². The molecule has 2 saturated carbocycles. The molecule has 0 aromatic carbocycles. The van der Waals surface area contributed by atoms with Crippen LogP contribution < -0.4 is 5.32 Å². The Bertz CT molecular complexity index is 270. The summed E-state index contributed by atoms with van der Waals surface area (Å²) in [7, 11) is 0. The van der Waals surface area contributed by atoms with Crippen LogP contribution in [0.15, 0.2) is 0 Å². The highest BCUT2D eigenvalue weighted by Gasteiger charge is 2.41. The zero-order chi connectivity index (χ0) is 10.0. The van der Waals surface area contributed by atoms with E-state index < -0.39 is 5.41 Å². The van der Waals surface area contributed by atoms with E-state index in [-0.39, 0.29) is 5.91 Å². The van der Waals surface area contributed by atoms with Crippen molar-refractivity contribution in [2.45, 2.75) is 51.0 Å². The molecule has 76 valence electrons. The minimum absolute atomic E-state index is 0.0119. The van der Waals surface area contributed by atoms with E-state index in [0.717, 1.165) is 38.5 Å². The van der Waals surface area contributed by atoms with Crippen molar-refractivity contribution < 1.29 is 4.79 Å². The maximum atomic E-state index is 11.9. The molecule has 0 radical (unpaired) electrons. The Hall–Kier alpha value is -1.04. The number of amides is 1. The zero-order valence-electron chi connectivity index (χ0n) is 8.38. The van der Waals surface area contributed by atoms with Gasteiger partial charge in [0, 0.05) is 6.04 Å². The molecule has 0 spiro atoms. The van der Waals surface area contributed by atoms with Gasteiger partial charge < -0.3 is 5.32 Å². The van der Waals surface area contributed by atoms with E-state index in [9.17, 15) is 4.79 Å². The van der Waals surface area contributed by atoms with Crippen molar-refractivity contribution >= 4 is 5.91 Å². The van der Waals surface area contributed by atoms with E-state index in [4.69, 9.17) is 5.26 Å². The van der Waals surface area contributed by atoms with Crippen molar-refractivity contribution in [2.24, 2.45) is 5.41 Å². The van der Waals surface area contributed by atoms with E-state index >= 15 is 0 Å². The second kappa shape index (κ2) is 3.61. The van der Waals surface area contributed by atoms with Crippen molar-refractivity contribution in [3.8, 4) is 6.07 Å².